The van der Waals surface area contributed by atoms with Gasteiger partial charge >= 0.3 is 0 Å². The van der Waals surface area contributed by atoms with Crippen molar-refractivity contribution >= 4 is 0 Å². The molecular weight excluding hydrogens is 284 g/mol. The number of benzene rings is 2. The Morgan fingerprint density at radius 3 is 2.38 bits per heavy atom. The van der Waals surface area contributed by atoms with Crippen molar-refractivity contribution in [1.29, 1.82) is 0 Å². The molecule has 0 bridgehead atoms. The summed E-state index contributed by atoms with van der Waals surface area (Å²) >= 11 is 0. The van der Waals surface area contributed by atoms with Gasteiger partial charge in [-0.25, -0.2) is 13.2 Å². The first-order valence-electron chi connectivity index (χ1n) is 6.21. The van der Waals surface area contributed by atoms with Gasteiger partial charge < -0.3 is 4.74 Å². The van der Waals surface area contributed by atoms with Gasteiger partial charge in [0.15, 0.2) is 23.2 Å². The molecule has 0 aliphatic rings. The molecule has 1 nitrogen and oxygen atoms in total. The van der Waals surface area contributed by atoms with Gasteiger partial charge in [0.1, 0.15) is 0 Å². The zero-order valence-corrected chi connectivity index (χ0v) is 11.0. The molecule has 2 aromatic rings. The highest BCUT2D eigenvalue weighted by Gasteiger charge is 2.16. The minimum Gasteiger partial charge on any atom is -0.490 e. The van der Waals surface area contributed by atoms with Crippen molar-refractivity contribution in [2.75, 3.05) is 6.61 Å². The molecule has 21 heavy (non-hydrogen) atoms. The molecule has 0 N–H and O–H groups in total. The fourth-order valence-electron chi connectivity index (χ4n) is 1.78. The van der Waals surface area contributed by atoms with Crippen LogP contribution in [0.25, 0.3) is 11.1 Å². The van der Waals surface area contributed by atoms with Gasteiger partial charge in [-0.1, -0.05) is 12.1 Å². The van der Waals surface area contributed by atoms with E-state index in [0.717, 1.165) is 12.1 Å². The summed E-state index contributed by atoms with van der Waals surface area (Å²) in [5.74, 6) is -4.75. The van der Waals surface area contributed by atoms with Gasteiger partial charge in [0.05, 0.1) is 6.61 Å². The second-order valence-corrected chi connectivity index (χ2v) is 4.29. The molecule has 0 radical (unpaired) electrons. The van der Waals surface area contributed by atoms with Crippen LogP contribution in [0.2, 0.25) is 0 Å². The molecule has 110 valence electrons. The van der Waals surface area contributed by atoms with E-state index in [2.05, 4.69) is 6.58 Å². The zero-order valence-electron chi connectivity index (χ0n) is 11.0. The van der Waals surface area contributed by atoms with Gasteiger partial charge in [0, 0.05) is 5.56 Å². The largest absolute Gasteiger partial charge is 0.490 e. The molecule has 0 fully saturated rings. The average Bonchev–Trinajstić information content (AvgIpc) is 2.47. The van der Waals surface area contributed by atoms with Crippen LogP contribution in [-0.4, -0.2) is 6.61 Å². The third-order valence-electron chi connectivity index (χ3n) is 2.86. The predicted molar refractivity (Wildman–Crippen MR) is 72.0 cm³/mol. The maximum Gasteiger partial charge on any atom is 0.201 e. The lowest BCUT2D eigenvalue weighted by Gasteiger charge is -2.10. The van der Waals surface area contributed by atoms with Gasteiger partial charge in [0.25, 0.3) is 0 Å². The smallest absolute Gasteiger partial charge is 0.201 e. The number of rotatable bonds is 5. The molecule has 5 heteroatoms. The molecule has 0 aliphatic carbocycles. The predicted octanol–water partition coefficient (Wildman–Crippen LogP) is 4.86. The Labute approximate surface area is 119 Å². The van der Waals surface area contributed by atoms with E-state index in [0.29, 0.717) is 6.42 Å². The Balaban J connectivity index is 2.35. The van der Waals surface area contributed by atoms with Crippen LogP contribution < -0.4 is 4.74 Å². The first-order chi connectivity index (χ1) is 10.0. The third kappa shape index (κ3) is 3.24. The van der Waals surface area contributed by atoms with Gasteiger partial charge in [-0.15, -0.1) is 6.58 Å². The third-order valence-corrected chi connectivity index (χ3v) is 2.86. The Bertz CT molecular complexity index is 668. The quantitative estimate of drug-likeness (QED) is 0.435. The lowest BCUT2D eigenvalue weighted by atomic mass is 10.0. The van der Waals surface area contributed by atoms with Crippen molar-refractivity contribution in [2.24, 2.45) is 0 Å². The van der Waals surface area contributed by atoms with E-state index in [1.54, 1.807) is 6.08 Å². The van der Waals surface area contributed by atoms with Gasteiger partial charge in [-0.05, 0) is 36.2 Å². The highest BCUT2D eigenvalue weighted by molar-refractivity contribution is 5.65. The van der Waals surface area contributed by atoms with Gasteiger partial charge in [0.2, 0.25) is 5.82 Å². The second-order valence-electron chi connectivity index (χ2n) is 4.29. The molecule has 0 amide bonds. The van der Waals surface area contributed by atoms with Crippen LogP contribution in [0.15, 0.2) is 43.0 Å². The van der Waals surface area contributed by atoms with Crippen LogP contribution >= 0.6 is 0 Å². The SMILES string of the molecule is C=CCCOc1ccc(-c2ccc(F)c(F)c2)c(F)c1F. The van der Waals surface area contributed by atoms with Crippen molar-refractivity contribution < 1.29 is 22.3 Å². The van der Waals surface area contributed by atoms with Crippen molar-refractivity contribution in [3.8, 4) is 16.9 Å². The molecule has 0 saturated heterocycles. The topological polar surface area (TPSA) is 9.23 Å². The maximum atomic E-state index is 14.0. The monoisotopic (exact) mass is 296 g/mol. The molecule has 0 spiro atoms. The van der Waals surface area contributed by atoms with Gasteiger partial charge in [-0.3, -0.25) is 0 Å². The van der Waals surface area contributed by atoms with E-state index in [1.807, 2.05) is 0 Å². The van der Waals surface area contributed by atoms with Crippen LogP contribution in [0.1, 0.15) is 6.42 Å². The highest BCUT2D eigenvalue weighted by Crippen LogP contribution is 2.30. The minimum atomic E-state index is -1.17. The lowest BCUT2D eigenvalue weighted by Crippen LogP contribution is -2.01. The summed E-state index contributed by atoms with van der Waals surface area (Å²) in [6.07, 6.45) is 2.08. The summed E-state index contributed by atoms with van der Waals surface area (Å²) in [7, 11) is 0. The van der Waals surface area contributed by atoms with E-state index < -0.39 is 23.3 Å². The Hall–Kier alpha value is -2.30. The molecule has 0 heterocycles. The molecular formula is C16H12F4O. The van der Waals surface area contributed by atoms with Crippen LogP contribution in [0.4, 0.5) is 17.6 Å². The number of ether oxygens (including phenoxy) is 1. The first-order valence-corrected chi connectivity index (χ1v) is 6.21. The molecule has 0 aliphatic heterocycles. The Morgan fingerprint density at radius 2 is 1.71 bits per heavy atom. The lowest BCUT2D eigenvalue weighted by molar-refractivity contribution is 0.302. The summed E-state index contributed by atoms with van der Waals surface area (Å²) in [5, 5.41) is 0. The van der Waals surface area contributed by atoms with Crippen molar-refractivity contribution in [3.63, 3.8) is 0 Å². The summed E-state index contributed by atoms with van der Waals surface area (Å²) in [6, 6.07) is 5.35. The number of hydrogen-bond acceptors (Lipinski definition) is 1. The average molecular weight is 296 g/mol. The van der Waals surface area contributed by atoms with Crippen molar-refractivity contribution in [2.45, 2.75) is 6.42 Å². The summed E-state index contributed by atoms with van der Waals surface area (Å²) in [6.45, 7) is 3.66. The zero-order chi connectivity index (χ0) is 15.4. The van der Waals surface area contributed by atoms with Crippen LogP contribution in [0, 0.1) is 23.3 Å². The number of hydrogen-bond donors (Lipinski definition) is 0. The Morgan fingerprint density at radius 1 is 0.952 bits per heavy atom. The maximum absolute atomic E-state index is 14.0. The fourth-order valence-corrected chi connectivity index (χ4v) is 1.78. The van der Waals surface area contributed by atoms with Crippen molar-refractivity contribution in [3.05, 3.63) is 66.3 Å². The second kappa shape index (κ2) is 6.43. The summed E-state index contributed by atoms with van der Waals surface area (Å²) in [4.78, 5) is 0. The fraction of sp³-hybridized carbons (Fsp3) is 0.125. The first kappa shape index (κ1) is 15.1. The van der Waals surface area contributed by atoms with E-state index in [-0.39, 0.29) is 23.5 Å². The summed E-state index contributed by atoms with van der Waals surface area (Å²) in [5.41, 5.74) is -0.120. The molecule has 0 atom stereocenters. The van der Waals surface area contributed by atoms with Crippen LogP contribution in [-0.2, 0) is 0 Å². The van der Waals surface area contributed by atoms with Gasteiger partial charge in [-0.2, -0.15) is 4.39 Å². The molecule has 2 aromatic carbocycles. The number of halogens is 4. The van der Waals surface area contributed by atoms with Crippen molar-refractivity contribution in [1.82, 2.24) is 0 Å². The molecule has 2 rings (SSSR count). The molecule has 0 aromatic heterocycles. The highest BCUT2D eigenvalue weighted by atomic mass is 19.2. The van der Waals surface area contributed by atoms with E-state index in [4.69, 9.17) is 4.74 Å². The minimum absolute atomic E-state index is 0.0444. The van der Waals surface area contributed by atoms with E-state index in [1.165, 1.54) is 18.2 Å². The Kier molecular flexibility index (Phi) is 4.62. The standard InChI is InChI=1S/C16H12F4O/c1-2-3-8-21-14-7-5-11(15(19)16(14)20)10-4-6-12(17)13(18)9-10/h2,4-7,9H,1,3,8H2. The summed E-state index contributed by atoms with van der Waals surface area (Å²) < 4.78 is 58.9. The van der Waals surface area contributed by atoms with Crippen LogP contribution in [0.3, 0.4) is 0 Å². The van der Waals surface area contributed by atoms with Crippen LogP contribution in [0.5, 0.6) is 5.75 Å². The van der Waals surface area contributed by atoms with E-state index >= 15 is 0 Å². The molecule has 0 unspecified atom stereocenters. The normalized spacial score (nSPS) is 10.5. The van der Waals surface area contributed by atoms with E-state index in [9.17, 15) is 17.6 Å². The molecule has 0 saturated carbocycles.